The van der Waals surface area contributed by atoms with Gasteiger partial charge in [0, 0.05) is 30.7 Å². The van der Waals surface area contributed by atoms with Gasteiger partial charge in [-0.05, 0) is 36.5 Å². The Morgan fingerprint density at radius 1 is 1.30 bits per heavy atom. The molecule has 1 aromatic heterocycles. The first kappa shape index (κ1) is 13.4. The molecule has 1 aromatic carbocycles. The van der Waals surface area contributed by atoms with E-state index in [1.807, 2.05) is 17.1 Å². The SMILES string of the molecule is CCC(CC1CC1)NCc1ccc(-n2ccnc2)cc1. The second-order valence-electron chi connectivity index (χ2n) is 5.80. The molecule has 2 aromatic rings. The molecule has 1 N–H and O–H groups in total. The molecule has 3 rings (SSSR count). The number of hydrogen-bond acceptors (Lipinski definition) is 2. The first-order chi connectivity index (χ1) is 9.85. The van der Waals surface area contributed by atoms with Crippen LogP contribution in [-0.4, -0.2) is 15.6 Å². The smallest absolute Gasteiger partial charge is 0.0991 e. The summed E-state index contributed by atoms with van der Waals surface area (Å²) < 4.78 is 2.03. The van der Waals surface area contributed by atoms with Crippen LogP contribution in [0.2, 0.25) is 0 Å². The summed E-state index contributed by atoms with van der Waals surface area (Å²) in [7, 11) is 0. The second-order valence-corrected chi connectivity index (χ2v) is 5.80. The van der Waals surface area contributed by atoms with Crippen molar-refractivity contribution in [3.63, 3.8) is 0 Å². The van der Waals surface area contributed by atoms with Crippen molar-refractivity contribution in [1.82, 2.24) is 14.9 Å². The zero-order valence-corrected chi connectivity index (χ0v) is 12.1. The average molecular weight is 269 g/mol. The van der Waals surface area contributed by atoms with E-state index in [1.165, 1.54) is 31.2 Å². The van der Waals surface area contributed by atoms with E-state index < -0.39 is 0 Å². The molecule has 0 amide bonds. The Bertz CT molecular complexity index is 512. The van der Waals surface area contributed by atoms with Crippen LogP contribution in [0.4, 0.5) is 0 Å². The number of nitrogens with one attached hydrogen (secondary N) is 1. The van der Waals surface area contributed by atoms with E-state index in [0.29, 0.717) is 6.04 Å². The second kappa shape index (κ2) is 6.23. The van der Waals surface area contributed by atoms with E-state index in [-0.39, 0.29) is 0 Å². The van der Waals surface area contributed by atoms with Gasteiger partial charge in [-0.2, -0.15) is 0 Å². The maximum Gasteiger partial charge on any atom is 0.0991 e. The highest BCUT2D eigenvalue weighted by molar-refractivity contribution is 5.34. The van der Waals surface area contributed by atoms with Gasteiger partial charge in [-0.1, -0.05) is 31.9 Å². The number of aromatic nitrogens is 2. The maximum absolute atomic E-state index is 4.08. The minimum absolute atomic E-state index is 0.677. The molecule has 1 fully saturated rings. The Balaban J connectivity index is 1.54. The van der Waals surface area contributed by atoms with Crippen molar-refractivity contribution in [3.05, 3.63) is 48.5 Å². The first-order valence-electron chi connectivity index (χ1n) is 7.66. The third-order valence-corrected chi connectivity index (χ3v) is 4.14. The molecule has 1 aliphatic carbocycles. The van der Waals surface area contributed by atoms with Crippen LogP contribution in [0.1, 0.15) is 38.2 Å². The molecule has 0 bridgehead atoms. The highest BCUT2D eigenvalue weighted by Crippen LogP contribution is 2.34. The van der Waals surface area contributed by atoms with Crippen molar-refractivity contribution in [2.75, 3.05) is 0 Å². The molecule has 106 valence electrons. The van der Waals surface area contributed by atoms with Crippen molar-refractivity contribution in [2.45, 2.75) is 45.2 Å². The predicted molar refractivity (Wildman–Crippen MR) is 81.8 cm³/mol. The van der Waals surface area contributed by atoms with Crippen molar-refractivity contribution in [1.29, 1.82) is 0 Å². The monoisotopic (exact) mass is 269 g/mol. The van der Waals surface area contributed by atoms with E-state index in [0.717, 1.165) is 18.2 Å². The van der Waals surface area contributed by atoms with Crippen LogP contribution in [0.15, 0.2) is 43.0 Å². The Kier molecular flexibility index (Phi) is 4.16. The molecule has 1 heterocycles. The fraction of sp³-hybridized carbons (Fsp3) is 0.471. The molecule has 0 radical (unpaired) electrons. The summed E-state index contributed by atoms with van der Waals surface area (Å²) in [6, 6.07) is 9.38. The Hall–Kier alpha value is -1.61. The molecule has 20 heavy (non-hydrogen) atoms. The van der Waals surface area contributed by atoms with E-state index >= 15 is 0 Å². The molecule has 0 aliphatic heterocycles. The highest BCUT2D eigenvalue weighted by atomic mass is 15.0. The Labute approximate surface area is 121 Å². The quantitative estimate of drug-likeness (QED) is 0.833. The molecular weight excluding hydrogens is 246 g/mol. The van der Waals surface area contributed by atoms with Crippen molar-refractivity contribution >= 4 is 0 Å². The summed E-state index contributed by atoms with van der Waals surface area (Å²) >= 11 is 0. The number of nitrogens with zero attached hydrogens (tertiary/aromatic N) is 2. The van der Waals surface area contributed by atoms with Crippen molar-refractivity contribution < 1.29 is 0 Å². The van der Waals surface area contributed by atoms with Crippen LogP contribution in [0.5, 0.6) is 0 Å². The zero-order chi connectivity index (χ0) is 13.8. The molecular formula is C17H23N3. The summed E-state index contributed by atoms with van der Waals surface area (Å²) in [4.78, 5) is 4.08. The normalized spacial score (nSPS) is 16.2. The maximum atomic E-state index is 4.08. The van der Waals surface area contributed by atoms with E-state index in [1.54, 1.807) is 6.20 Å². The number of hydrogen-bond donors (Lipinski definition) is 1. The Morgan fingerprint density at radius 3 is 2.70 bits per heavy atom. The summed E-state index contributed by atoms with van der Waals surface area (Å²) in [5.41, 5.74) is 2.51. The third kappa shape index (κ3) is 3.48. The van der Waals surface area contributed by atoms with Gasteiger partial charge in [-0.25, -0.2) is 4.98 Å². The molecule has 0 saturated heterocycles. The highest BCUT2D eigenvalue weighted by Gasteiger charge is 2.24. The van der Waals surface area contributed by atoms with Crippen LogP contribution in [0.25, 0.3) is 5.69 Å². The molecule has 1 aliphatic rings. The van der Waals surface area contributed by atoms with E-state index in [2.05, 4.69) is 41.5 Å². The van der Waals surface area contributed by atoms with Gasteiger partial charge in [-0.3, -0.25) is 0 Å². The van der Waals surface area contributed by atoms with Gasteiger partial charge in [0.1, 0.15) is 0 Å². The van der Waals surface area contributed by atoms with Gasteiger partial charge in [0.05, 0.1) is 6.33 Å². The van der Waals surface area contributed by atoms with Crippen molar-refractivity contribution in [2.24, 2.45) is 5.92 Å². The van der Waals surface area contributed by atoms with Crippen LogP contribution in [-0.2, 0) is 6.54 Å². The largest absolute Gasteiger partial charge is 0.310 e. The lowest BCUT2D eigenvalue weighted by Gasteiger charge is -2.16. The molecule has 1 saturated carbocycles. The minimum Gasteiger partial charge on any atom is -0.310 e. The van der Waals surface area contributed by atoms with Gasteiger partial charge in [0.2, 0.25) is 0 Å². The van der Waals surface area contributed by atoms with Crippen LogP contribution in [0.3, 0.4) is 0 Å². The van der Waals surface area contributed by atoms with Gasteiger partial charge in [-0.15, -0.1) is 0 Å². The standard InChI is InChI=1S/C17H23N3/c1-2-16(11-14-3-4-14)19-12-15-5-7-17(8-6-15)20-10-9-18-13-20/h5-10,13-14,16,19H,2-4,11-12H2,1H3. The van der Waals surface area contributed by atoms with Gasteiger partial charge in [0.25, 0.3) is 0 Å². The average Bonchev–Trinajstić information content (AvgIpc) is 3.14. The first-order valence-corrected chi connectivity index (χ1v) is 7.66. The summed E-state index contributed by atoms with van der Waals surface area (Å²) in [5.74, 6) is 0.996. The third-order valence-electron chi connectivity index (χ3n) is 4.14. The lowest BCUT2D eigenvalue weighted by Crippen LogP contribution is -2.28. The lowest BCUT2D eigenvalue weighted by molar-refractivity contribution is 0.445. The summed E-state index contributed by atoms with van der Waals surface area (Å²) in [6.45, 7) is 3.25. The number of imidazole rings is 1. The van der Waals surface area contributed by atoms with Gasteiger partial charge in [0.15, 0.2) is 0 Å². The fourth-order valence-electron chi connectivity index (χ4n) is 2.61. The van der Waals surface area contributed by atoms with Crippen LogP contribution >= 0.6 is 0 Å². The molecule has 0 spiro atoms. The van der Waals surface area contributed by atoms with E-state index in [9.17, 15) is 0 Å². The fourth-order valence-corrected chi connectivity index (χ4v) is 2.61. The topological polar surface area (TPSA) is 29.9 Å². The Morgan fingerprint density at radius 2 is 2.10 bits per heavy atom. The molecule has 3 heteroatoms. The van der Waals surface area contributed by atoms with Crippen molar-refractivity contribution in [3.8, 4) is 5.69 Å². The zero-order valence-electron chi connectivity index (χ0n) is 12.1. The minimum atomic E-state index is 0.677. The van der Waals surface area contributed by atoms with Gasteiger partial charge >= 0.3 is 0 Å². The summed E-state index contributed by atoms with van der Waals surface area (Å²) in [5, 5.41) is 3.69. The van der Waals surface area contributed by atoms with Crippen LogP contribution < -0.4 is 5.32 Å². The molecule has 1 unspecified atom stereocenters. The number of benzene rings is 1. The number of rotatable bonds is 7. The molecule has 1 atom stereocenters. The predicted octanol–water partition coefficient (Wildman–Crippen LogP) is 3.54. The van der Waals surface area contributed by atoms with Gasteiger partial charge < -0.3 is 9.88 Å². The lowest BCUT2D eigenvalue weighted by atomic mass is 10.1. The van der Waals surface area contributed by atoms with Crippen LogP contribution in [0, 0.1) is 5.92 Å². The van der Waals surface area contributed by atoms with E-state index in [4.69, 9.17) is 0 Å². The summed E-state index contributed by atoms with van der Waals surface area (Å²) in [6.07, 6.45) is 11.1. The molecule has 3 nitrogen and oxygen atoms in total.